The molecular formula is C24H13Cl2NO3S. The lowest BCUT2D eigenvalue weighted by atomic mass is 10.2. The van der Waals surface area contributed by atoms with Crippen molar-refractivity contribution in [2.75, 3.05) is 0 Å². The molecule has 0 aliphatic rings. The lowest BCUT2D eigenvalue weighted by Crippen LogP contribution is -1.90. The number of hydrogen-bond acceptors (Lipinski definition) is 5. The fourth-order valence-electron chi connectivity index (χ4n) is 3.08. The molecule has 0 spiro atoms. The molecule has 0 bridgehead atoms. The van der Waals surface area contributed by atoms with E-state index in [-0.39, 0.29) is 11.5 Å². The Morgan fingerprint density at radius 2 is 1.77 bits per heavy atom. The van der Waals surface area contributed by atoms with Crippen molar-refractivity contribution >= 4 is 56.6 Å². The zero-order chi connectivity index (χ0) is 21.4. The molecule has 2 aromatic carbocycles. The van der Waals surface area contributed by atoms with E-state index in [0.29, 0.717) is 32.9 Å². The number of benzene rings is 2. The van der Waals surface area contributed by atoms with Gasteiger partial charge in [-0.15, -0.1) is 11.3 Å². The molecule has 0 atom stereocenters. The van der Waals surface area contributed by atoms with E-state index in [2.05, 4.69) is 4.98 Å². The summed E-state index contributed by atoms with van der Waals surface area (Å²) in [5.41, 5.74) is 1.56. The first kappa shape index (κ1) is 19.8. The summed E-state index contributed by atoms with van der Waals surface area (Å²) in [4.78, 5) is 17.1. The van der Waals surface area contributed by atoms with Gasteiger partial charge < -0.3 is 8.83 Å². The molecule has 31 heavy (non-hydrogen) atoms. The normalized spacial score (nSPS) is 11.5. The highest BCUT2D eigenvalue weighted by molar-refractivity contribution is 7.21. The number of carbonyl (C=O) groups excluding carboxylic acids is 1. The summed E-state index contributed by atoms with van der Waals surface area (Å²) >= 11 is 13.8. The van der Waals surface area contributed by atoms with Crippen LogP contribution in [0.1, 0.15) is 16.3 Å². The Kier molecular flexibility index (Phi) is 5.24. The van der Waals surface area contributed by atoms with Crippen LogP contribution in [0.25, 0.3) is 38.4 Å². The SMILES string of the molecule is O=C(/C=C/c1ccc(-c2nc3ccccc3s2)o1)c1ccc(-c2cc(Cl)ccc2Cl)o1. The van der Waals surface area contributed by atoms with Crippen molar-refractivity contribution in [3.63, 3.8) is 0 Å². The molecule has 5 aromatic rings. The van der Waals surface area contributed by atoms with E-state index in [1.807, 2.05) is 30.3 Å². The molecule has 0 amide bonds. The Hall–Kier alpha value is -3.12. The minimum Gasteiger partial charge on any atom is -0.454 e. The Balaban J connectivity index is 1.34. The van der Waals surface area contributed by atoms with Crippen molar-refractivity contribution in [1.29, 1.82) is 0 Å². The summed E-state index contributed by atoms with van der Waals surface area (Å²) in [5.74, 6) is 1.58. The van der Waals surface area contributed by atoms with E-state index in [9.17, 15) is 4.79 Å². The second kappa shape index (κ2) is 8.19. The number of fused-ring (bicyclic) bond motifs is 1. The van der Waals surface area contributed by atoms with Gasteiger partial charge in [-0.05, 0) is 66.7 Å². The summed E-state index contributed by atoms with van der Waals surface area (Å²) in [7, 11) is 0. The average Bonchev–Trinajstić information content (AvgIpc) is 3.52. The van der Waals surface area contributed by atoms with Crippen molar-refractivity contribution in [2.45, 2.75) is 0 Å². The number of para-hydroxylation sites is 1. The van der Waals surface area contributed by atoms with Gasteiger partial charge in [0.1, 0.15) is 11.5 Å². The molecule has 0 saturated carbocycles. The second-order valence-corrected chi connectivity index (χ2v) is 8.55. The quantitative estimate of drug-likeness (QED) is 0.194. The van der Waals surface area contributed by atoms with Crippen LogP contribution in [-0.4, -0.2) is 10.8 Å². The van der Waals surface area contributed by atoms with Gasteiger partial charge >= 0.3 is 0 Å². The van der Waals surface area contributed by atoms with E-state index in [1.54, 1.807) is 53.8 Å². The number of halogens is 2. The van der Waals surface area contributed by atoms with Gasteiger partial charge in [-0.1, -0.05) is 35.3 Å². The van der Waals surface area contributed by atoms with Crippen molar-refractivity contribution in [3.05, 3.63) is 94.4 Å². The molecule has 4 nitrogen and oxygen atoms in total. The van der Waals surface area contributed by atoms with Crippen LogP contribution in [0.4, 0.5) is 0 Å². The van der Waals surface area contributed by atoms with E-state index in [1.165, 1.54) is 6.08 Å². The highest BCUT2D eigenvalue weighted by Gasteiger charge is 2.14. The fraction of sp³-hybridized carbons (Fsp3) is 0. The predicted molar refractivity (Wildman–Crippen MR) is 125 cm³/mol. The topological polar surface area (TPSA) is 56.2 Å². The van der Waals surface area contributed by atoms with Crippen LogP contribution < -0.4 is 0 Å². The van der Waals surface area contributed by atoms with E-state index in [4.69, 9.17) is 32.0 Å². The summed E-state index contributed by atoms with van der Waals surface area (Å²) in [6.45, 7) is 0. The Morgan fingerprint density at radius 3 is 2.65 bits per heavy atom. The molecule has 3 heterocycles. The Morgan fingerprint density at radius 1 is 0.935 bits per heavy atom. The molecule has 0 N–H and O–H groups in total. The molecule has 152 valence electrons. The third-order valence-electron chi connectivity index (χ3n) is 4.57. The highest BCUT2D eigenvalue weighted by atomic mass is 35.5. The third-order valence-corrected chi connectivity index (χ3v) is 6.19. The van der Waals surface area contributed by atoms with Crippen LogP contribution in [0.3, 0.4) is 0 Å². The first-order valence-electron chi connectivity index (χ1n) is 9.30. The van der Waals surface area contributed by atoms with Crippen LogP contribution in [0.2, 0.25) is 10.0 Å². The van der Waals surface area contributed by atoms with Crippen molar-refractivity contribution in [3.8, 4) is 22.1 Å². The Bertz CT molecular complexity index is 1410. The zero-order valence-electron chi connectivity index (χ0n) is 15.8. The van der Waals surface area contributed by atoms with Crippen molar-refractivity contribution in [1.82, 2.24) is 4.98 Å². The van der Waals surface area contributed by atoms with Gasteiger partial charge in [0, 0.05) is 10.6 Å². The molecule has 3 aromatic heterocycles. The summed E-state index contributed by atoms with van der Waals surface area (Å²) in [6, 6.07) is 19.9. The average molecular weight is 466 g/mol. The van der Waals surface area contributed by atoms with Gasteiger partial charge in [-0.25, -0.2) is 4.98 Å². The highest BCUT2D eigenvalue weighted by Crippen LogP contribution is 2.33. The zero-order valence-corrected chi connectivity index (χ0v) is 18.2. The summed E-state index contributed by atoms with van der Waals surface area (Å²) in [6.07, 6.45) is 3.01. The number of nitrogens with zero attached hydrogens (tertiary/aromatic N) is 1. The van der Waals surface area contributed by atoms with Gasteiger partial charge in [0.05, 0.1) is 15.2 Å². The lowest BCUT2D eigenvalue weighted by Gasteiger charge is -2.01. The molecule has 0 saturated heterocycles. The second-order valence-electron chi connectivity index (χ2n) is 6.67. The Labute approximate surface area is 191 Å². The molecule has 7 heteroatoms. The number of hydrogen-bond donors (Lipinski definition) is 0. The number of allylic oxidation sites excluding steroid dienone is 1. The van der Waals surface area contributed by atoms with Gasteiger partial charge in [0.15, 0.2) is 16.5 Å². The number of thiazole rings is 1. The first-order valence-corrected chi connectivity index (χ1v) is 10.9. The molecule has 5 rings (SSSR count). The number of rotatable bonds is 5. The first-order chi connectivity index (χ1) is 15.1. The molecule has 0 unspecified atom stereocenters. The third kappa shape index (κ3) is 4.08. The van der Waals surface area contributed by atoms with Crippen molar-refractivity contribution < 1.29 is 13.6 Å². The van der Waals surface area contributed by atoms with Gasteiger partial charge in [0.25, 0.3) is 0 Å². The van der Waals surface area contributed by atoms with E-state index in [0.717, 1.165) is 15.2 Å². The largest absolute Gasteiger partial charge is 0.454 e. The molecule has 0 aliphatic heterocycles. The van der Waals surface area contributed by atoms with Crippen LogP contribution in [0.15, 0.2) is 81.6 Å². The molecular weight excluding hydrogens is 453 g/mol. The van der Waals surface area contributed by atoms with Crippen LogP contribution in [0, 0.1) is 0 Å². The van der Waals surface area contributed by atoms with Gasteiger partial charge in [0.2, 0.25) is 5.78 Å². The summed E-state index contributed by atoms with van der Waals surface area (Å²) in [5, 5.41) is 1.82. The van der Waals surface area contributed by atoms with Crippen LogP contribution in [-0.2, 0) is 0 Å². The molecule has 0 fully saturated rings. The summed E-state index contributed by atoms with van der Waals surface area (Å²) < 4.78 is 12.6. The van der Waals surface area contributed by atoms with Crippen LogP contribution in [0.5, 0.6) is 0 Å². The minimum absolute atomic E-state index is 0.195. The number of carbonyl (C=O) groups is 1. The number of ketones is 1. The maximum absolute atomic E-state index is 12.5. The number of furan rings is 2. The standard InChI is InChI=1S/C24H13Cl2NO3S/c25-14-5-8-17(26)16(13-14)20-11-12-21(30-20)19(28)9-6-15-7-10-22(29-15)24-27-18-3-1-2-4-23(18)31-24/h1-13H/b9-6+. The van der Waals surface area contributed by atoms with Gasteiger partial charge in [-0.2, -0.15) is 0 Å². The predicted octanol–water partition coefficient (Wildman–Crippen LogP) is 8.02. The molecule has 0 aliphatic carbocycles. The van der Waals surface area contributed by atoms with Gasteiger partial charge in [-0.3, -0.25) is 4.79 Å². The monoisotopic (exact) mass is 465 g/mol. The maximum atomic E-state index is 12.5. The fourth-order valence-corrected chi connectivity index (χ4v) is 4.39. The molecule has 0 radical (unpaired) electrons. The van der Waals surface area contributed by atoms with Crippen LogP contribution >= 0.6 is 34.5 Å². The van der Waals surface area contributed by atoms with Crippen molar-refractivity contribution in [2.24, 2.45) is 0 Å². The number of aromatic nitrogens is 1. The lowest BCUT2D eigenvalue weighted by molar-refractivity contribution is 0.102. The van der Waals surface area contributed by atoms with E-state index < -0.39 is 0 Å². The smallest absolute Gasteiger partial charge is 0.221 e. The maximum Gasteiger partial charge on any atom is 0.221 e. The minimum atomic E-state index is -0.290. The van der Waals surface area contributed by atoms with E-state index >= 15 is 0 Å².